The Hall–Kier alpha value is -1.95. The Kier molecular flexibility index (Phi) is 12.4. The number of hydrogen-bond donors (Lipinski definition) is 2. The van der Waals surface area contributed by atoms with Gasteiger partial charge < -0.3 is 10.2 Å². The molecule has 31 heavy (non-hydrogen) atoms. The highest BCUT2D eigenvalue weighted by Crippen LogP contribution is 2.32. The average molecular weight is 440 g/mol. The van der Waals surface area contributed by atoms with Crippen LogP contribution in [0.4, 0.5) is 10.1 Å². The van der Waals surface area contributed by atoms with Crippen molar-refractivity contribution in [1.82, 2.24) is 10.2 Å². The van der Waals surface area contributed by atoms with E-state index in [1.807, 2.05) is 39.8 Å². The number of halogens is 1. The number of nitrogens with one attached hydrogen (secondary N) is 2. The highest BCUT2D eigenvalue weighted by molar-refractivity contribution is 6.01. The molecule has 2 saturated heterocycles. The Bertz CT molecular complexity index is 694. The molecule has 0 saturated carbocycles. The number of imide groups is 1. The first-order valence-corrected chi connectivity index (χ1v) is 12.2. The Balaban J connectivity index is 0. The van der Waals surface area contributed by atoms with Gasteiger partial charge in [0.2, 0.25) is 11.8 Å². The van der Waals surface area contributed by atoms with Crippen molar-refractivity contribution in [3.63, 3.8) is 0 Å². The summed E-state index contributed by atoms with van der Waals surface area (Å²) in [7, 11) is 0. The van der Waals surface area contributed by atoms with E-state index in [0.29, 0.717) is 24.6 Å². The highest BCUT2D eigenvalue weighted by Gasteiger charge is 2.28. The number of rotatable bonds is 6. The van der Waals surface area contributed by atoms with Crippen LogP contribution in [0.2, 0.25) is 0 Å². The van der Waals surface area contributed by atoms with E-state index in [9.17, 15) is 14.0 Å². The molecule has 6 heteroatoms. The molecule has 1 aromatic rings. The number of likely N-dealkylation sites (tertiary alicyclic amines) is 1. The predicted octanol–water partition coefficient (Wildman–Crippen LogP) is 5.96. The third-order valence-corrected chi connectivity index (χ3v) is 6.01. The molecule has 2 amide bonds. The summed E-state index contributed by atoms with van der Waals surface area (Å²) < 4.78 is 14.7. The third-order valence-electron chi connectivity index (χ3n) is 6.01. The monoisotopic (exact) mass is 439 g/mol. The highest BCUT2D eigenvalue weighted by atomic mass is 19.1. The van der Waals surface area contributed by atoms with Crippen molar-refractivity contribution >= 4 is 17.5 Å². The van der Waals surface area contributed by atoms with Gasteiger partial charge in [-0.25, -0.2) is 4.39 Å². The number of anilines is 1. The maximum Gasteiger partial charge on any atom is 0.249 e. The second kappa shape index (κ2) is 14.2. The molecule has 2 heterocycles. The molecular weight excluding hydrogens is 393 g/mol. The van der Waals surface area contributed by atoms with Gasteiger partial charge in [-0.15, -0.1) is 0 Å². The summed E-state index contributed by atoms with van der Waals surface area (Å²) in [5.74, 6) is -0.558. The first-order valence-electron chi connectivity index (χ1n) is 12.2. The molecule has 180 valence electrons. The van der Waals surface area contributed by atoms with Gasteiger partial charge in [0.05, 0.1) is 0 Å². The van der Waals surface area contributed by atoms with E-state index in [2.05, 4.69) is 29.4 Å². The number of amides is 2. The van der Waals surface area contributed by atoms with Crippen molar-refractivity contribution in [3.05, 3.63) is 29.6 Å². The zero-order valence-electron chi connectivity index (χ0n) is 20.3. The lowest BCUT2D eigenvalue weighted by molar-refractivity contribution is -0.133. The minimum absolute atomic E-state index is 0. The SMILES string of the molecule is CC.CC.CCC(CC)N1CCC(c2ccc(NC3CCC(=O)NC3=O)cc2F)CC1.[HH].[HH]. The van der Waals surface area contributed by atoms with Crippen LogP contribution in [-0.2, 0) is 9.59 Å². The molecule has 0 bridgehead atoms. The zero-order valence-corrected chi connectivity index (χ0v) is 20.3. The van der Waals surface area contributed by atoms with Gasteiger partial charge in [0, 0.05) is 21.0 Å². The molecule has 3 rings (SSSR count). The Labute approximate surface area is 191 Å². The molecule has 2 aliphatic rings. The molecule has 1 atom stereocenters. The van der Waals surface area contributed by atoms with Crippen LogP contribution in [0.15, 0.2) is 18.2 Å². The van der Waals surface area contributed by atoms with Gasteiger partial charge in [-0.05, 0) is 68.8 Å². The Morgan fingerprint density at radius 1 is 1.10 bits per heavy atom. The van der Waals surface area contributed by atoms with E-state index in [4.69, 9.17) is 0 Å². The van der Waals surface area contributed by atoms with Gasteiger partial charge in [-0.3, -0.25) is 14.9 Å². The van der Waals surface area contributed by atoms with E-state index >= 15 is 0 Å². The smallest absolute Gasteiger partial charge is 0.249 e. The summed E-state index contributed by atoms with van der Waals surface area (Å²) in [6, 6.07) is 5.31. The summed E-state index contributed by atoms with van der Waals surface area (Å²) in [5.41, 5.74) is 1.35. The molecule has 2 aliphatic heterocycles. The number of benzene rings is 1. The van der Waals surface area contributed by atoms with Crippen molar-refractivity contribution < 1.29 is 16.8 Å². The van der Waals surface area contributed by atoms with Gasteiger partial charge in [0.1, 0.15) is 11.9 Å². The van der Waals surface area contributed by atoms with E-state index in [1.165, 1.54) is 6.07 Å². The lowest BCUT2D eigenvalue weighted by Crippen LogP contribution is -2.47. The zero-order chi connectivity index (χ0) is 23.4. The fourth-order valence-electron chi connectivity index (χ4n) is 4.36. The van der Waals surface area contributed by atoms with Crippen LogP contribution in [0, 0.1) is 5.82 Å². The molecule has 0 aliphatic carbocycles. The van der Waals surface area contributed by atoms with Crippen molar-refractivity contribution in [2.24, 2.45) is 0 Å². The van der Waals surface area contributed by atoms with Gasteiger partial charge in [0.25, 0.3) is 0 Å². The summed E-state index contributed by atoms with van der Waals surface area (Å²) in [5, 5.41) is 5.36. The van der Waals surface area contributed by atoms with Crippen LogP contribution in [0.5, 0.6) is 0 Å². The van der Waals surface area contributed by atoms with Crippen LogP contribution in [0.25, 0.3) is 0 Å². The van der Waals surface area contributed by atoms with Crippen LogP contribution in [0.1, 0.15) is 94.4 Å². The summed E-state index contributed by atoms with van der Waals surface area (Å²) in [6.45, 7) is 14.5. The third kappa shape index (κ3) is 7.60. The number of carbonyl (C=O) groups is 2. The van der Waals surface area contributed by atoms with E-state index in [0.717, 1.165) is 44.3 Å². The van der Waals surface area contributed by atoms with Gasteiger partial charge >= 0.3 is 0 Å². The number of carbonyl (C=O) groups excluding carboxylic acids is 2. The predicted molar refractivity (Wildman–Crippen MR) is 131 cm³/mol. The Morgan fingerprint density at radius 3 is 2.23 bits per heavy atom. The molecule has 0 spiro atoms. The molecule has 2 fully saturated rings. The first kappa shape index (κ1) is 27.1. The van der Waals surface area contributed by atoms with Crippen molar-refractivity contribution in [1.29, 1.82) is 0 Å². The van der Waals surface area contributed by atoms with E-state index in [1.54, 1.807) is 0 Å². The first-order chi connectivity index (χ1) is 15.0. The summed E-state index contributed by atoms with van der Waals surface area (Å²) >= 11 is 0. The molecule has 2 N–H and O–H groups in total. The lowest BCUT2D eigenvalue weighted by Gasteiger charge is -2.37. The largest absolute Gasteiger partial charge is 0.374 e. The van der Waals surface area contributed by atoms with E-state index in [-0.39, 0.29) is 26.4 Å². The van der Waals surface area contributed by atoms with Crippen LogP contribution in [-0.4, -0.2) is 41.9 Å². The molecule has 5 nitrogen and oxygen atoms in total. The summed E-state index contributed by atoms with van der Waals surface area (Å²) in [6.07, 6.45) is 5.02. The normalized spacial score (nSPS) is 19.7. The molecule has 0 radical (unpaired) electrons. The van der Waals surface area contributed by atoms with Crippen molar-refractivity contribution in [2.45, 2.75) is 98.1 Å². The Morgan fingerprint density at radius 2 is 1.71 bits per heavy atom. The molecule has 1 unspecified atom stereocenters. The molecular formula is C25H46FN3O2. The topological polar surface area (TPSA) is 61.4 Å². The van der Waals surface area contributed by atoms with Crippen LogP contribution >= 0.6 is 0 Å². The summed E-state index contributed by atoms with van der Waals surface area (Å²) in [4.78, 5) is 25.6. The van der Waals surface area contributed by atoms with Crippen molar-refractivity contribution in [2.75, 3.05) is 18.4 Å². The lowest BCUT2D eigenvalue weighted by atomic mass is 9.88. The minimum atomic E-state index is -0.490. The van der Waals surface area contributed by atoms with Gasteiger partial charge in [0.15, 0.2) is 0 Å². The quantitative estimate of drug-likeness (QED) is 0.537. The standard InChI is InChI=1S/C21H30FN3O2.2C2H6.2H2/c1-3-16(4-2)25-11-9-14(10-12-25)17-6-5-15(13-18(17)22)23-19-7-8-20(26)24-21(19)27;2*1-2;;/h5-6,13-14,16,19,23H,3-4,7-12H2,1-2H3,(H,24,26,27);2*1-2H3;2*1H. The number of nitrogens with zero attached hydrogens (tertiary/aromatic N) is 1. The minimum Gasteiger partial charge on any atom is -0.374 e. The van der Waals surface area contributed by atoms with E-state index < -0.39 is 6.04 Å². The number of hydrogen-bond acceptors (Lipinski definition) is 4. The number of piperidine rings is 2. The second-order valence-corrected chi connectivity index (χ2v) is 7.66. The fourth-order valence-corrected chi connectivity index (χ4v) is 4.36. The molecule has 0 aromatic heterocycles. The maximum atomic E-state index is 14.7. The average Bonchev–Trinajstić information content (AvgIpc) is 2.80. The van der Waals surface area contributed by atoms with Crippen LogP contribution in [0.3, 0.4) is 0 Å². The van der Waals surface area contributed by atoms with Gasteiger partial charge in [-0.1, -0.05) is 47.6 Å². The van der Waals surface area contributed by atoms with Gasteiger partial charge in [-0.2, -0.15) is 0 Å². The second-order valence-electron chi connectivity index (χ2n) is 7.66. The van der Waals surface area contributed by atoms with Crippen LogP contribution < -0.4 is 10.6 Å². The fraction of sp³-hybridized carbons (Fsp3) is 0.680. The van der Waals surface area contributed by atoms with Crippen molar-refractivity contribution in [3.8, 4) is 0 Å². The maximum absolute atomic E-state index is 14.7. The molecule has 1 aromatic carbocycles.